The van der Waals surface area contributed by atoms with Gasteiger partial charge in [0.15, 0.2) is 17.5 Å². The number of hydrogen-bond acceptors (Lipinski definition) is 5. The van der Waals surface area contributed by atoms with Gasteiger partial charge in [0.1, 0.15) is 0 Å². The fraction of sp³-hybridized carbons (Fsp3) is 0. The second-order valence-electron chi connectivity index (χ2n) is 12.4. The van der Waals surface area contributed by atoms with Crippen LogP contribution in [0, 0.1) is 0 Å². The first-order valence-electron chi connectivity index (χ1n) is 19.0. The first kappa shape index (κ1) is 24.0. The van der Waals surface area contributed by atoms with Gasteiger partial charge in [-0.3, -0.25) is 0 Å². The van der Waals surface area contributed by atoms with Crippen molar-refractivity contribution >= 4 is 84.8 Å². The summed E-state index contributed by atoms with van der Waals surface area (Å²) in [5, 5.41) is 6.72. The fourth-order valence-corrected chi connectivity index (χ4v) is 9.83. The number of nitrogens with zero attached hydrogens (tertiary/aromatic N) is 4. The second kappa shape index (κ2) is 11.2. The SMILES string of the molecule is [2H]c1c([2H])c([2H])c(-c2nc(-c3cccc4c3sc3ccccc34)nc(-c3cccc4c3sc3cccc(-n5c6ccccc6c6ccccc65)c34)n2)c([2H])c1[2H]. The van der Waals surface area contributed by atoms with Crippen LogP contribution in [-0.4, -0.2) is 19.5 Å². The van der Waals surface area contributed by atoms with Crippen molar-refractivity contribution in [3.63, 3.8) is 0 Å². The lowest BCUT2D eigenvalue weighted by molar-refractivity contribution is 1.08. The van der Waals surface area contributed by atoms with Gasteiger partial charge in [-0.2, -0.15) is 0 Å². The molecule has 51 heavy (non-hydrogen) atoms. The standard InChI is InChI=1S/C45H26N4S2/c1-2-13-27(14-3-1)43-46-44(33-20-10-18-31-30-17-6-9-25-38(30)50-41(31)33)48-45(47-43)34-21-11-19-32-40-37(24-12-26-39(40)51-42(32)34)49-35-22-7-4-15-28(35)29-16-5-8-23-36(29)49/h1-26H/i1D,2D,3D,13D,14D. The highest BCUT2D eigenvalue weighted by Gasteiger charge is 2.21. The van der Waals surface area contributed by atoms with Crippen LogP contribution in [-0.2, 0) is 0 Å². The number of rotatable bonds is 4. The molecule has 6 heteroatoms. The number of para-hydroxylation sites is 2. The molecular formula is C45H26N4S2. The summed E-state index contributed by atoms with van der Waals surface area (Å²) in [6.45, 7) is 0. The molecule has 4 aromatic heterocycles. The van der Waals surface area contributed by atoms with Gasteiger partial charge in [0.05, 0.1) is 23.6 Å². The summed E-state index contributed by atoms with van der Waals surface area (Å²) in [4.78, 5) is 15.0. The van der Waals surface area contributed by atoms with Gasteiger partial charge in [-0.05, 0) is 42.5 Å². The van der Waals surface area contributed by atoms with E-state index in [1.54, 1.807) is 22.7 Å². The van der Waals surface area contributed by atoms with Crippen LogP contribution in [0.2, 0.25) is 0 Å². The van der Waals surface area contributed by atoms with Crippen molar-refractivity contribution in [3.8, 4) is 39.9 Å². The molecule has 0 bridgehead atoms. The minimum absolute atomic E-state index is 0.0178. The molecular weight excluding hydrogens is 661 g/mol. The van der Waals surface area contributed by atoms with Gasteiger partial charge in [-0.15, -0.1) is 22.7 Å². The summed E-state index contributed by atoms with van der Waals surface area (Å²) in [5.74, 6) is 0.729. The molecule has 0 spiro atoms. The highest BCUT2D eigenvalue weighted by atomic mass is 32.1. The summed E-state index contributed by atoms with van der Waals surface area (Å²) in [6.07, 6.45) is 0. The van der Waals surface area contributed by atoms with Gasteiger partial charge in [0.25, 0.3) is 0 Å². The monoisotopic (exact) mass is 691 g/mol. The van der Waals surface area contributed by atoms with Crippen LogP contribution >= 0.6 is 22.7 Å². The summed E-state index contributed by atoms with van der Waals surface area (Å²) >= 11 is 3.30. The molecule has 7 aromatic carbocycles. The molecule has 11 aromatic rings. The van der Waals surface area contributed by atoms with Crippen molar-refractivity contribution in [3.05, 3.63) is 158 Å². The number of aromatic nitrogens is 4. The molecule has 0 N–H and O–H groups in total. The second-order valence-corrected chi connectivity index (χ2v) is 14.5. The third-order valence-electron chi connectivity index (χ3n) is 9.57. The van der Waals surface area contributed by atoms with Crippen LogP contribution in [0.4, 0.5) is 0 Å². The topological polar surface area (TPSA) is 43.6 Å². The molecule has 4 nitrogen and oxygen atoms in total. The van der Waals surface area contributed by atoms with Crippen molar-refractivity contribution in [2.45, 2.75) is 0 Å². The Bertz CT molecular complexity index is 3380. The lowest BCUT2D eigenvalue weighted by Crippen LogP contribution is -2.00. The van der Waals surface area contributed by atoms with Crippen molar-refractivity contribution < 1.29 is 6.85 Å². The highest BCUT2D eigenvalue weighted by Crippen LogP contribution is 2.45. The zero-order valence-electron chi connectivity index (χ0n) is 31.7. The number of hydrogen-bond donors (Lipinski definition) is 0. The molecule has 0 aliphatic rings. The Labute approximate surface area is 307 Å². The summed E-state index contributed by atoms with van der Waals surface area (Å²) < 4.78 is 49.4. The zero-order valence-corrected chi connectivity index (χ0v) is 28.4. The first-order valence-corrected chi connectivity index (χ1v) is 18.2. The van der Waals surface area contributed by atoms with Crippen LogP contribution in [0.3, 0.4) is 0 Å². The Morgan fingerprint density at radius 1 is 0.451 bits per heavy atom. The number of thiophene rings is 2. The van der Waals surface area contributed by atoms with Gasteiger partial charge in [0.2, 0.25) is 0 Å². The molecule has 0 aliphatic heterocycles. The van der Waals surface area contributed by atoms with Crippen molar-refractivity contribution in [2.75, 3.05) is 0 Å². The largest absolute Gasteiger partial charge is 0.309 e. The quantitative estimate of drug-likeness (QED) is 0.184. The Hall–Kier alpha value is -6.21. The van der Waals surface area contributed by atoms with E-state index in [1.807, 2.05) is 36.4 Å². The van der Waals surface area contributed by atoms with Gasteiger partial charge < -0.3 is 4.57 Å². The smallest absolute Gasteiger partial charge is 0.165 e. The predicted molar refractivity (Wildman–Crippen MR) is 216 cm³/mol. The highest BCUT2D eigenvalue weighted by molar-refractivity contribution is 7.26. The molecule has 0 atom stereocenters. The molecule has 238 valence electrons. The lowest BCUT2D eigenvalue weighted by atomic mass is 10.1. The van der Waals surface area contributed by atoms with E-state index in [0.717, 1.165) is 68.2 Å². The maximum Gasteiger partial charge on any atom is 0.165 e. The van der Waals surface area contributed by atoms with Crippen LogP contribution in [0.25, 0.3) is 102 Å². The molecule has 0 amide bonds. The van der Waals surface area contributed by atoms with E-state index in [0.29, 0.717) is 11.6 Å². The molecule has 0 saturated heterocycles. The van der Waals surface area contributed by atoms with E-state index in [-0.39, 0.29) is 23.5 Å². The van der Waals surface area contributed by atoms with Crippen LogP contribution < -0.4 is 0 Å². The van der Waals surface area contributed by atoms with Crippen molar-refractivity contribution in [2.24, 2.45) is 0 Å². The van der Waals surface area contributed by atoms with Gasteiger partial charge >= 0.3 is 0 Å². The van der Waals surface area contributed by atoms with Crippen molar-refractivity contribution in [1.29, 1.82) is 0 Å². The van der Waals surface area contributed by atoms with E-state index in [2.05, 4.69) is 95.6 Å². The van der Waals surface area contributed by atoms with E-state index >= 15 is 0 Å². The molecule has 0 fully saturated rings. The molecule has 4 heterocycles. The van der Waals surface area contributed by atoms with Gasteiger partial charge in [-0.25, -0.2) is 15.0 Å². The Kier molecular flexibility index (Phi) is 5.25. The van der Waals surface area contributed by atoms with Crippen LogP contribution in [0.15, 0.2) is 158 Å². The predicted octanol–water partition coefficient (Wildman–Crippen LogP) is 12.7. The molecule has 0 unspecified atom stereocenters. The summed E-state index contributed by atoms with van der Waals surface area (Å²) in [5.41, 5.74) is 4.78. The van der Waals surface area contributed by atoms with E-state index in [9.17, 15) is 0 Å². The molecule has 0 radical (unpaired) electrons. The van der Waals surface area contributed by atoms with Gasteiger partial charge in [0, 0.05) is 67.8 Å². The van der Waals surface area contributed by atoms with Crippen LogP contribution in [0.1, 0.15) is 6.85 Å². The normalized spacial score (nSPS) is 13.3. The zero-order chi connectivity index (χ0) is 37.8. The first-order chi connectivity index (χ1) is 27.4. The lowest BCUT2D eigenvalue weighted by Gasteiger charge is -2.11. The number of fused-ring (bicyclic) bond motifs is 9. The van der Waals surface area contributed by atoms with E-state index in [4.69, 9.17) is 21.8 Å². The fourth-order valence-electron chi connectivity index (χ4n) is 7.39. The summed E-state index contributed by atoms with van der Waals surface area (Å²) in [6, 6.07) is 41.7. The van der Waals surface area contributed by atoms with E-state index < -0.39 is 18.1 Å². The average Bonchev–Trinajstić information content (AvgIpc) is 3.92. The molecule has 11 rings (SSSR count). The Morgan fingerprint density at radius 2 is 0.980 bits per heavy atom. The molecule has 0 saturated carbocycles. The van der Waals surface area contributed by atoms with Crippen LogP contribution in [0.5, 0.6) is 0 Å². The maximum atomic E-state index is 8.87. The average molecular weight is 692 g/mol. The maximum absolute atomic E-state index is 8.87. The third-order valence-corrected chi connectivity index (χ3v) is 12.0. The van der Waals surface area contributed by atoms with Gasteiger partial charge in [-0.1, -0.05) is 115 Å². The number of benzene rings is 7. The minimum atomic E-state index is -0.470. The Morgan fingerprint density at radius 3 is 1.71 bits per heavy atom. The molecule has 0 aliphatic carbocycles. The third kappa shape index (κ3) is 4.34. The summed E-state index contributed by atoms with van der Waals surface area (Å²) in [7, 11) is 0. The van der Waals surface area contributed by atoms with E-state index in [1.165, 1.54) is 10.8 Å². The Balaban J connectivity index is 1.20. The van der Waals surface area contributed by atoms with Crippen molar-refractivity contribution in [1.82, 2.24) is 19.5 Å². The minimum Gasteiger partial charge on any atom is -0.309 e.